The normalized spacial score (nSPS) is 15.3. The van der Waals surface area contributed by atoms with Gasteiger partial charge in [0.05, 0.1) is 0 Å². The lowest BCUT2D eigenvalue weighted by molar-refractivity contribution is 0.662. The summed E-state index contributed by atoms with van der Waals surface area (Å²) in [4.78, 5) is 14.1. The zero-order chi connectivity index (χ0) is 11.9. The van der Waals surface area contributed by atoms with E-state index < -0.39 is 0 Å². The average molecular weight is 274 g/mol. The molecule has 4 rings (SSSR count). The van der Waals surface area contributed by atoms with Gasteiger partial charge in [-0.3, -0.25) is 0 Å². The van der Waals surface area contributed by atoms with E-state index in [9.17, 15) is 0 Å². The third kappa shape index (κ3) is 1.72. The molecule has 0 atom stereocenters. The zero-order valence-electron chi connectivity index (χ0n) is 9.48. The van der Waals surface area contributed by atoms with Gasteiger partial charge >= 0.3 is 0 Å². The second kappa shape index (κ2) is 4.07. The molecule has 18 heavy (non-hydrogen) atoms. The molecule has 0 bridgehead atoms. The van der Waals surface area contributed by atoms with Gasteiger partial charge in [-0.25, -0.2) is 15.0 Å². The van der Waals surface area contributed by atoms with E-state index in [1.54, 1.807) is 29.4 Å². The van der Waals surface area contributed by atoms with E-state index in [2.05, 4.69) is 37.2 Å². The van der Waals surface area contributed by atoms with Crippen LogP contribution in [-0.2, 0) is 0 Å². The van der Waals surface area contributed by atoms with Crippen LogP contribution in [0.2, 0.25) is 0 Å². The van der Waals surface area contributed by atoms with Gasteiger partial charge in [-0.15, -0.1) is 11.3 Å². The first-order valence-corrected chi connectivity index (χ1v) is 7.50. The van der Waals surface area contributed by atoms with Crippen LogP contribution in [0.1, 0.15) is 18.9 Å². The number of fused-ring (bicyclic) bond motifs is 1. The number of hydrogen-bond donors (Lipinski definition) is 0. The Morgan fingerprint density at radius 1 is 1.28 bits per heavy atom. The number of thiophene rings is 1. The first-order chi connectivity index (χ1) is 8.92. The first kappa shape index (κ1) is 10.5. The minimum atomic E-state index is 0.648. The molecule has 3 heterocycles. The Bertz CT molecular complexity index is 699. The quantitative estimate of drug-likeness (QED) is 0.687. The number of hydrogen-bond acceptors (Lipinski definition) is 5. The molecule has 0 N–H and O–H groups in total. The van der Waals surface area contributed by atoms with Crippen LogP contribution in [0.3, 0.4) is 0 Å². The fraction of sp³-hybridized carbons (Fsp3) is 0.250. The highest BCUT2D eigenvalue weighted by molar-refractivity contribution is 7.99. The molecule has 3 aromatic rings. The van der Waals surface area contributed by atoms with Gasteiger partial charge in [0.15, 0.2) is 5.16 Å². The molecule has 3 aromatic heterocycles. The summed E-state index contributed by atoms with van der Waals surface area (Å²) in [6, 6.07) is 2.72. The summed E-state index contributed by atoms with van der Waals surface area (Å²) in [5.41, 5.74) is 0. The van der Waals surface area contributed by atoms with Crippen LogP contribution in [0.5, 0.6) is 0 Å². The van der Waals surface area contributed by atoms with Gasteiger partial charge in [-0.1, -0.05) is 0 Å². The highest BCUT2D eigenvalue weighted by atomic mass is 32.2. The molecule has 1 saturated carbocycles. The van der Waals surface area contributed by atoms with Gasteiger partial charge in [0.25, 0.3) is 0 Å². The van der Waals surface area contributed by atoms with Gasteiger partial charge in [0, 0.05) is 23.8 Å². The molecule has 0 amide bonds. The predicted octanol–water partition coefficient (Wildman–Crippen LogP) is 3.37. The molecule has 1 aliphatic rings. The van der Waals surface area contributed by atoms with E-state index in [0.717, 1.165) is 20.4 Å². The van der Waals surface area contributed by atoms with E-state index in [4.69, 9.17) is 0 Å². The summed E-state index contributed by atoms with van der Waals surface area (Å²) in [6.45, 7) is 0. The highest BCUT2D eigenvalue weighted by Gasteiger charge is 2.26. The zero-order valence-corrected chi connectivity index (χ0v) is 11.1. The Morgan fingerprint density at radius 2 is 2.22 bits per heavy atom. The van der Waals surface area contributed by atoms with E-state index >= 15 is 0 Å². The van der Waals surface area contributed by atoms with Crippen molar-refractivity contribution in [1.29, 1.82) is 0 Å². The van der Waals surface area contributed by atoms with Crippen molar-refractivity contribution >= 4 is 33.3 Å². The van der Waals surface area contributed by atoms with Crippen molar-refractivity contribution in [3.8, 4) is 0 Å². The van der Waals surface area contributed by atoms with E-state index in [-0.39, 0.29) is 0 Å². The molecule has 0 unspecified atom stereocenters. The van der Waals surface area contributed by atoms with Gasteiger partial charge < -0.3 is 4.57 Å². The van der Waals surface area contributed by atoms with Crippen molar-refractivity contribution in [3.63, 3.8) is 0 Å². The maximum absolute atomic E-state index is 4.43. The summed E-state index contributed by atoms with van der Waals surface area (Å²) in [7, 11) is 0. The molecule has 1 fully saturated rings. The summed E-state index contributed by atoms with van der Waals surface area (Å²) in [6.07, 6.45) is 8.09. The molecule has 0 aliphatic heterocycles. The molecule has 0 aromatic carbocycles. The van der Waals surface area contributed by atoms with Crippen LogP contribution in [0.4, 0.5) is 0 Å². The van der Waals surface area contributed by atoms with Crippen LogP contribution >= 0.6 is 23.1 Å². The lowest BCUT2D eigenvalue weighted by Crippen LogP contribution is -1.95. The van der Waals surface area contributed by atoms with E-state index in [1.165, 1.54) is 12.8 Å². The number of imidazole rings is 1. The Morgan fingerprint density at radius 3 is 3.11 bits per heavy atom. The number of aromatic nitrogens is 4. The van der Waals surface area contributed by atoms with Gasteiger partial charge in [-0.05, 0) is 36.0 Å². The van der Waals surface area contributed by atoms with E-state index in [1.807, 2.05) is 6.20 Å². The van der Waals surface area contributed by atoms with Crippen molar-refractivity contribution in [2.75, 3.05) is 0 Å². The van der Waals surface area contributed by atoms with Gasteiger partial charge in [-0.2, -0.15) is 0 Å². The summed E-state index contributed by atoms with van der Waals surface area (Å²) in [5, 5.41) is 5.20. The van der Waals surface area contributed by atoms with Crippen molar-refractivity contribution in [1.82, 2.24) is 19.5 Å². The molecule has 4 nitrogen and oxygen atoms in total. The summed E-state index contributed by atoms with van der Waals surface area (Å²) >= 11 is 3.28. The molecular formula is C12H10N4S2. The molecule has 1 aliphatic carbocycles. The lowest BCUT2D eigenvalue weighted by Gasteiger charge is -2.05. The Hall–Kier alpha value is -1.40. The Labute approximate surface area is 112 Å². The summed E-state index contributed by atoms with van der Waals surface area (Å²) in [5.74, 6) is 0. The second-order valence-corrected chi connectivity index (χ2v) is 6.12. The highest BCUT2D eigenvalue weighted by Crippen LogP contribution is 2.40. The standard InChI is InChI=1S/C12H10N4S2/c1-2-8(1)16-5-4-13-12(16)18-11-9-3-6-17-10(9)14-7-15-11/h3-8H,1-2H2. The first-order valence-electron chi connectivity index (χ1n) is 5.81. The summed E-state index contributed by atoms with van der Waals surface area (Å²) < 4.78 is 2.25. The van der Waals surface area contributed by atoms with Gasteiger partial charge in [0.2, 0.25) is 0 Å². The SMILES string of the molecule is c1cn(C2CC2)c(Sc2ncnc3sccc23)n1. The maximum Gasteiger partial charge on any atom is 0.174 e. The third-order valence-electron chi connectivity index (χ3n) is 2.99. The van der Waals surface area contributed by atoms with Crippen molar-refractivity contribution < 1.29 is 0 Å². The number of nitrogens with zero attached hydrogens (tertiary/aromatic N) is 4. The largest absolute Gasteiger partial charge is 0.323 e. The Kier molecular flexibility index (Phi) is 2.38. The predicted molar refractivity (Wildman–Crippen MR) is 72.0 cm³/mol. The van der Waals surface area contributed by atoms with Crippen molar-refractivity contribution in [2.24, 2.45) is 0 Å². The van der Waals surface area contributed by atoms with Crippen molar-refractivity contribution in [3.05, 3.63) is 30.2 Å². The van der Waals surface area contributed by atoms with Crippen LogP contribution in [-0.4, -0.2) is 19.5 Å². The Balaban J connectivity index is 1.75. The molecular weight excluding hydrogens is 264 g/mol. The van der Waals surface area contributed by atoms with Crippen LogP contribution in [0.25, 0.3) is 10.2 Å². The fourth-order valence-corrected chi connectivity index (χ4v) is 3.72. The molecule has 6 heteroatoms. The number of rotatable bonds is 3. The van der Waals surface area contributed by atoms with E-state index in [0.29, 0.717) is 6.04 Å². The molecule has 0 spiro atoms. The topological polar surface area (TPSA) is 43.6 Å². The van der Waals surface area contributed by atoms with Crippen LogP contribution in [0.15, 0.2) is 40.3 Å². The maximum atomic E-state index is 4.43. The fourth-order valence-electron chi connectivity index (χ4n) is 1.94. The minimum Gasteiger partial charge on any atom is -0.323 e. The molecule has 90 valence electrons. The van der Waals surface area contributed by atoms with Crippen LogP contribution in [0, 0.1) is 0 Å². The van der Waals surface area contributed by atoms with Crippen LogP contribution < -0.4 is 0 Å². The minimum absolute atomic E-state index is 0.648. The molecule has 0 saturated heterocycles. The van der Waals surface area contributed by atoms with Crippen molar-refractivity contribution in [2.45, 2.75) is 29.1 Å². The van der Waals surface area contributed by atoms with Gasteiger partial charge in [0.1, 0.15) is 16.2 Å². The second-order valence-electron chi connectivity index (χ2n) is 4.27. The smallest absolute Gasteiger partial charge is 0.174 e. The lowest BCUT2D eigenvalue weighted by atomic mass is 10.4. The monoisotopic (exact) mass is 274 g/mol. The molecule has 0 radical (unpaired) electrons. The average Bonchev–Trinajstić information content (AvgIpc) is 2.93. The third-order valence-corrected chi connectivity index (χ3v) is 4.82.